The quantitative estimate of drug-likeness (QED) is 0.835. The van der Waals surface area contributed by atoms with E-state index < -0.39 is 11.7 Å². The highest BCUT2D eigenvalue weighted by atomic mass is 79.9. The van der Waals surface area contributed by atoms with E-state index in [0.717, 1.165) is 4.47 Å². The zero-order valence-electron chi connectivity index (χ0n) is 9.28. The Labute approximate surface area is 112 Å². The molecule has 0 saturated heterocycles. The van der Waals surface area contributed by atoms with Gasteiger partial charge in [-0.15, -0.1) is 0 Å². The molecule has 0 saturated carbocycles. The molecule has 92 valence electrons. The Kier molecular flexibility index (Phi) is 3.62. The lowest BCUT2D eigenvalue weighted by molar-refractivity contribution is 0.102. The molecule has 0 bridgehead atoms. The molecule has 0 radical (unpaired) electrons. The van der Waals surface area contributed by atoms with Gasteiger partial charge in [0.2, 0.25) is 0 Å². The molecular weight excluding hydrogens is 299 g/mol. The number of benzene rings is 2. The Balaban J connectivity index is 2.22. The van der Waals surface area contributed by atoms with Crippen LogP contribution in [-0.4, -0.2) is 5.91 Å². The second kappa shape index (κ2) is 5.18. The van der Waals surface area contributed by atoms with Gasteiger partial charge in [0.1, 0.15) is 5.82 Å². The molecule has 0 heterocycles. The van der Waals surface area contributed by atoms with Gasteiger partial charge in [0.05, 0.1) is 11.3 Å². The summed E-state index contributed by atoms with van der Waals surface area (Å²) in [4.78, 5) is 11.9. The van der Waals surface area contributed by atoms with E-state index in [9.17, 15) is 9.18 Å². The van der Waals surface area contributed by atoms with E-state index in [1.54, 1.807) is 24.3 Å². The fourth-order valence-electron chi connectivity index (χ4n) is 1.47. The van der Waals surface area contributed by atoms with Crippen molar-refractivity contribution in [1.29, 1.82) is 0 Å². The molecule has 2 aromatic carbocycles. The summed E-state index contributed by atoms with van der Waals surface area (Å²) in [5.41, 5.74) is 6.11. The molecule has 5 heteroatoms. The van der Waals surface area contributed by atoms with Gasteiger partial charge in [-0.1, -0.05) is 22.0 Å². The summed E-state index contributed by atoms with van der Waals surface area (Å²) in [5, 5.41) is 2.65. The third-order valence-corrected chi connectivity index (χ3v) is 2.93. The minimum atomic E-state index is -0.599. The zero-order valence-corrected chi connectivity index (χ0v) is 10.9. The molecule has 0 unspecified atom stereocenters. The zero-order chi connectivity index (χ0) is 13.1. The van der Waals surface area contributed by atoms with Crippen LogP contribution in [0.25, 0.3) is 0 Å². The van der Waals surface area contributed by atoms with Crippen molar-refractivity contribution >= 4 is 33.2 Å². The predicted molar refractivity (Wildman–Crippen MR) is 72.9 cm³/mol. The number of hydrogen-bond donors (Lipinski definition) is 2. The van der Waals surface area contributed by atoms with Crippen LogP contribution in [0.15, 0.2) is 46.9 Å². The summed E-state index contributed by atoms with van der Waals surface area (Å²) in [6.45, 7) is 0. The average molecular weight is 309 g/mol. The normalized spacial score (nSPS) is 10.1. The lowest BCUT2D eigenvalue weighted by Gasteiger charge is -2.08. The summed E-state index contributed by atoms with van der Waals surface area (Å²) in [5.74, 6) is -1.03. The van der Waals surface area contributed by atoms with Gasteiger partial charge in [-0.3, -0.25) is 4.79 Å². The summed E-state index contributed by atoms with van der Waals surface area (Å²) in [6, 6.07) is 11.2. The second-order valence-electron chi connectivity index (χ2n) is 3.66. The molecule has 0 fully saturated rings. The van der Waals surface area contributed by atoms with Gasteiger partial charge in [0, 0.05) is 10.2 Å². The molecule has 0 aliphatic heterocycles. The molecule has 18 heavy (non-hydrogen) atoms. The number of carbonyl (C=O) groups excluding carboxylic acids is 1. The molecule has 0 atom stereocenters. The van der Waals surface area contributed by atoms with E-state index in [1.165, 1.54) is 18.2 Å². The number of amides is 1. The number of carbonyl (C=O) groups is 1. The van der Waals surface area contributed by atoms with Gasteiger partial charge in [-0.2, -0.15) is 0 Å². The first-order valence-corrected chi connectivity index (χ1v) is 5.98. The number of halogens is 2. The highest BCUT2D eigenvalue weighted by molar-refractivity contribution is 9.10. The van der Waals surface area contributed by atoms with Crippen molar-refractivity contribution < 1.29 is 9.18 Å². The van der Waals surface area contributed by atoms with Crippen LogP contribution in [0.4, 0.5) is 15.8 Å². The van der Waals surface area contributed by atoms with Crippen LogP contribution in [-0.2, 0) is 0 Å². The summed E-state index contributed by atoms with van der Waals surface area (Å²) < 4.78 is 14.1. The number of para-hydroxylation sites is 1. The first-order valence-electron chi connectivity index (χ1n) is 5.19. The number of nitrogen functional groups attached to an aromatic ring is 1. The highest BCUT2D eigenvalue weighted by Gasteiger charge is 2.12. The minimum Gasteiger partial charge on any atom is -0.396 e. The molecule has 0 spiro atoms. The monoisotopic (exact) mass is 308 g/mol. The van der Waals surface area contributed by atoms with Gasteiger partial charge in [0.25, 0.3) is 5.91 Å². The van der Waals surface area contributed by atoms with Crippen molar-refractivity contribution in [3.05, 3.63) is 58.3 Å². The van der Waals surface area contributed by atoms with E-state index in [1.807, 2.05) is 0 Å². The molecule has 1 amide bonds. The van der Waals surface area contributed by atoms with E-state index in [2.05, 4.69) is 21.2 Å². The van der Waals surface area contributed by atoms with Crippen LogP contribution in [0.1, 0.15) is 10.4 Å². The van der Waals surface area contributed by atoms with E-state index in [-0.39, 0.29) is 11.3 Å². The summed E-state index contributed by atoms with van der Waals surface area (Å²) in [7, 11) is 0. The maximum absolute atomic E-state index is 13.2. The number of anilines is 2. The lowest BCUT2D eigenvalue weighted by atomic mass is 10.1. The number of nitrogens with two attached hydrogens (primary N) is 1. The first-order chi connectivity index (χ1) is 8.58. The summed E-state index contributed by atoms with van der Waals surface area (Å²) >= 11 is 3.30. The van der Waals surface area contributed by atoms with Gasteiger partial charge in [0.15, 0.2) is 0 Å². The molecule has 2 aromatic rings. The second-order valence-corrected chi connectivity index (χ2v) is 4.58. The van der Waals surface area contributed by atoms with Crippen molar-refractivity contribution in [3.8, 4) is 0 Å². The highest BCUT2D eigenvalue weighted by Crippen LogP contribution is 2.19. The summed E-state index contributed by atoms with van der Waals surface area (Å²) in [6.07, 6.45) is 0. The molecule has 3 nitrogen and oxygen atoms in total. The molecule has 3 N–H and O–H groups in total. The van der Waals surface area contributed by atoms with Crippen LogP contribution < -0.4 is 11.1 Å². The SMILES string of the molecule is Nc1c(F)cccc1C(=O)Nc1ccc(Br)cc1. The van der Waals surface area contributed by atoms with Gasteiger partial charge >= 0.3 is 0 Å². The topological polar surface area (TPSA) is 55.1 Å². The third-order valence-electron chi connectivity index (χ3n) is 2.40. The standard InChI is InChI=1S/C13H10BrFN2O/c14-8-4-6-9(7-5-8)17-13(18)10-2-1-3-11(15)12(10)16/h1-7H,16H2,(H,17,18). The van der Waals surface area contributed by atoms with E-state index in [0.29, 0.717) is 5.69 Å². The number of rotatable bonds is 2. The molecular formula is C13H10BrFN2O. The Morgan fingerprint density at radius 1 is 1.17 bits per heavy atom. The average Bonchev–Trinajstić information content (AvgIpc) is 2.35. The van der Waals surface area contributed by atoms with Gasteiger partial charge in [-0.05, 0) is 36.4 Å². The van der Waals surface area contributed by atoms with Gasteiger partial charge in [-0.25, -0.2) is 4.39 Å². The Bertz CT molecular complexity index is 584. The Morgan fingerprint density at radius 2 is 1.83 bits per heavy atom. The fourth-order valence-corrected chi connectivity index (χ4v) is 1.73. The van der Waals surface area contributed by atoms with Crippen molar-refractivity contribution in [1.82, 2.24) is 0 Å². The number of nitrogens with one attached hydrogen (secondary N) is 1. The largest absolute Gasteiger partial charge is 0.396 e. The van der Waals surface area contributed by atoms with Crippen molar-refractivity contribution in [2.24, 2.45) is 0 Å². The Hall–Kier alpha value is -1.88. The molecule has 2 rings (SSSR count). The maximum atomic E-state index is 13.2. The van der Waals surface area contributed by atoms with Crippen LogP contribution >= 0.6 is 15.9 Å². The van der Waals surface area contributed by atoms with Gasteiger partial charge < -0.3 is 11.1 Å². The lowest BCUT2D eigenvalue weighted by Crippen LogP contribution is -2.14. The predicted octanol–water partition coefficient (Wildman–Crippen LogP) is 3.42. The van der Waals surface area contributed by atoms with Crippen molar-refractivity contribution in [3.63, 3.8) is 0 Å². The van der Waals surface area contributed by atoms with Crippen molar-refractivity contribution in [2.75, 3.05) is 11.1 Å². The smallest absolute Gasteiger partial charge is 0.257 e. The van der Waals surface area contributed by atoms with Crippen LogP contribution in [0, 0.1) is 5.82 Å². The third kappa shape index (κ3) is 2.68. The van der Waals surface area contributed by atoms with Crippen LogP contribution in [0.2, 0.25) is 0 Å². The minimum absolute atomic E-state index is 0.123. The molecule has 0 aliphatic carbocycles. The van der Waals surface area contributed by atoms with E-state index >= 15 is 0 Å². The molecule has 0 aliphatic rings. The maximum Gasteiger partial charge on any atom is 0.257 e. The molecule has 0 aromatic heterocycles. The van der Waals surface area contributed by atoms with Crippen molar-refractivity contribution in [2.45, 2.75) is 0 Å². The van der Waals surface area contributed by atoms with Crippen LogP contribution in [0.5, 0.6) is 0 Å². The Morgan fingerprint density at radius 3 is 2.50 bits per heavy atom. The van der Waals surface area contributed by atoms with Crippen LogP contribution in [0.3, 0.4) is 0 Å². The van der Waals surface area contributed by atoms with E-state index in [4.69, 9.17) is 5.73 Å². The first kappa shape index (κ1) is 12.6. The fraction of sp³-hybridized carbons (Fsp3) is 0. The number of hydrogen-bond acceptors (Lipinski definition) is 2.